The third kappa shape index (κ3) is 5.39. The zero-order valence-electron chi connectivity index (χ0n) is 15.6. The molecule has 0 atom stereocenters. The maximum absolute atomic E-state index is 13.9. The largest absolute Gasteiger partial charge is 0.459 e. The van der Waals surface area contributed by atoms with Crippen LogP contribution in [0.5, 0.6) is 0 Å². The summed E-state index contributed by atoms with van der Waals surface area (Å²) in [5.74, 6) is 1.72. The number of likely N-dealkylation sites (N-methyl/N-ethyl adjacent to an activating group) is 1. The molecule has 3 rings (SSSR count). The van der Waals surface area contributed by atoms with Gasteiger partial charge in [-0.2, -0.15) is 0 Å². The monoisotopic (exact) mass is 369 g/mol. The summed E-state index contributed by atoms with van der Waals surface area (Å²) in [6, 6.07) is 14.2. The van der Waals surface area contributed by atoms with E-state index < -0.39 is 0 Å². The van der Waals surface area contributed by atoms with E-state index in [0.29, 0.717) is 24.5 Å². The highest BCUT2D eigenvalue weighted by Gasteiger charge is 2.09. The van der Waals surface area contributed by atoms with Crippen LogP contribution in [-0.2, 0) is 17.8 Å². The molecule has 0 unspecified atom stereocenters. The Kier molecular flexibility index (Phi) is 6.57. The van der Waals surface area contributed by atoms with Crippen LogP contribution < -0.4 is 5.32 Å². The molecule has 0 saturated heterocycles. The molecule has 142 valence electrons. The quantitative estimate of drug-likeness (QED) is 0.613. The van der Waals surface area contributed by atoms with E-state index in [4.69, 9.17) is 9.15 Å². The number of methoxy groups -OCH3 is 1. The summed E-state index contributed by atoms with van der Waals surface area (Å²) in [5.41, 5.74) is 1.63. The summed E-state index contributed by atoms with van der Waals surface area (Å²) >= 11 is 0. The summed E-state index contributed by atoms with van der Waals surface area (Å²) in [6.07, 6.45) is 1.79. The number of halogens is 1. The average molecular weight is 369 g/mol. The molecule has 5 nitrogen and oxygen atoms in total. The molecule has 0 aliphatic heterocycles. The third-order valence-corrected chi connectivity index (χ3v) is 4.20. The Morgan fingerprint density at radius 3 is 2.85 bits per heavy atom. The lowest BCUT2D eigenvalue weighted by Crippen LogP contribution is -2.22. The Bertz CT molecular complexity index is 866. The Hall–Kier alpha value is -2.70. The van der Waals surface area contributed by atoms with Gasteiger partial charge in [-0.1, -0.05) is 12.1 Å². The van der Waals surface area contributed by atoms with E-state index in [1.807, 2.05) is 18.2 Å². The van der Waals surface area contributed by atoms with E-state index in [-0.39, 0.29) is 5.82 Å². The number of anilines is 1. The molecule has 0 aliphatic carbocycles. The molecule has 0 saturated carbocycles. The minimum absolute atomic E-state index is 0.293. The predicted octanol–water partition coefficient (Wildman–Crippen LogP) is 4.17. The number of ether oxygens (including phenoxy) is 1. The van der Waals surface area contributed by atoms with Crippen molar-refractivity contribution in [3.8, 4) is 11.3 Å². The molecule has 2 heterocycles. The fourth-order valence-electron chi connectivity index (χ4n) is 2.76. The average Bonchev–Trinajstić information content (AvgIpc) is 3.14. The van der Waals surface area contributed by atoms with Crippen LogP contribution in [0.15, 0.2) is 59.1 Å². The third-order valence-electron chi connectivity index (χ3n) is 4.20. The number of hydrogen-bond acceptors (Lipinski definition) is 5. The van der Waals surface area contributed by atoms with Crippen LogP contribution in [0, 0.1) is 5.82 Å². The number of hydrogen-bond donors (Lipinski definition) is 1. The number of benzene rings is 1. The van der Waals surface area contributed by atoms with E-state index >= 15 is 0 Å². The Balaban J connectivity index is 1.59. The first-order valence-electron chi connectivity index (χ1n) is 8.85. The van der Waals surface area contributed by atoms with Crippen molar-refractivity contribution in [2.75, 3.05) is 32.6 Å². The molecule has 0 amide bonds. The highest BCUT2D eigenvalue weighted by Crippen LogP contribution is 2.25. The zero-order valence-corrected chi connectivity index (χ0v) is 15.6. The summed E-state index contributed by atoms with van der Waals surface area (Å²) < 4.78 is 24.7. The van der Waals surface area contributed by atoms with Gasteiger partial charge in [0.1, 0.15) is 23.2 Å². The normalized spacial score (nSPS) is 11.1. The van der Waals surface area contributed by atoms with Gasteiger partial charge >= 0.3 is 0 Å². The molecule has 6 heteroatoms. The van der Waals surface area contributed by atoms with Gasteiger partial charge in [-0.15, -0.1) is 0 Å². The summed E-state index contributed by atoms with van der Waals surface area (Å²) in [6.45, 7) is 2.87. The van der Waals surface area contributed by atoms with Gasteiger partial charge in [-0.3, -0.25) is 4.90 Å². The molecule has 0 fully saturated rings. The molecule has 0 bridgehead atoms. The van der Waals surface area contributed by atoms with Crippen molar-refractivity contribution in [3.05, 3.63) is 71.9 Å². The van der Waals surface area contributed by atoms with E-state index in [1.165, 1.54) is 6.07 Å². The standard InChI is InChI=1S/C21H24FN3O2/c1-25(11-12-26-2)15-16-9-10-23-21(13-16)24-14-17-7-8-20(27-17)18-5-3-4-6-19(18)22/h3-10,13H,11-12,14-15H2,1-2H3,(H,23,24). The Morgan fingerprint density at radius 2 is 2.04 bits per heavy atom. The maximum atomic E-state index is 13.9. The van der Waals surface area contributed by atoms with Gasteiger partial charge in [0.25, 0.3) is 0 Å². The van der Waals surface area contributed by atoms with E-state index in [1.54, 1.807) is 37.6 Å². The number of rotatable bonds is 9. The van der Waals surface area contributed by atoms with Crippen LogP contribution in [0.2, 0.25) is 0 Å². The first kappa shape index (κ1) is 19.1. The maximum Gasteiger partial charge on any atom is 0.137 e. The fourth-order valence-corrected chi connectivity index (χ4v) is 2.76. The molecular weight excluding hydrogens is 345 g/mol. The molecule has 0 spiro atoms. The summed E-state index contributed by atoms with van der Waals surface area (Å²) in [7, 11) is 3.76. The number of nitrogens with zero attached hydrogens (tertiary/aromatic N) is 2. The van der Waals surface area contributed by atoms with Crippen molar-refractivity contribution in [2.45, 2.75) is 13.1 Å². The lowest BCUT2D eigenvalue weighted by Gasteiger charge is -2.16. The molecule has 2 aromatic heterocycles. The Morgan fingerprint density at radius 1 is 1.19 bits per heavy atom. The number of nitrogens with one attached hydrogen (secondary N) is 1. The van der Waals surface area contributed by atoms with Crippen LogP contribution in [0.1, 0.15) is 11.3 Å². The molecule has 3 aromatic rings. The number of aromatic nitrogens is 1. The lowest BCUT2D eigenvalue weighted by molar-refractivity contribution is 0.158. The fraction of sp³-hybridized carbons (Fsp3) is 0.286. The zero-order chi connectivity index (χ0) is 19.1. The molecule has 27 heavy (non-hydrogen) atoms. The van der Waals surface area contributed by atoms with Crippen LogP contribution >= 0.6 is 0 Å². The summed E-state index contributed by atoms with van der Waals surface area (Å²) in [5, 5.41) is 3.26. The van der Waals surface area contributed by atoms with Crippen molar-refractivity contribution in [1.29, 1.82) is 0 Å². The van der Waals surface area contributed by atoms with Gasteiger partial charge in [0, 0.05) is 26.4 Å². The van der Waals surface area contributed by atoms with Gasteiger partial charge in [0.15, 0.2) is 0 Å². The first-order valence-corrected chi connectivity index (χ1v) is 8.85. The van der Waals surface area contributed by atoms with Crippen LogP contribution in [0.3, 0.4) is 0 Å². The molecular formula is C21H24FN3O2. The van der Waals surface area contributed by atoms with Gasteiger partial charge in [0.2, 0.25) is 0 Å². The second-order valence-corrected chi connectivity index (χ2v) is 6.38. The highest BCUT2D eigenvalue weighted by molar-refractivity contribution is 5.58. The second-order valence-electron chi connectivity index (χ2n) is 6.38. The van der Waals surface area contributed by atoms with Crippen molar-refractivity contribution < 1.29 is 13.5 Å². The molecule has 1 N–H and O–H groups in total. The van der Waals surface area contributed by atoms with E-state index in [0.717, 1.165) is 30.2 Å². The van der Waals surface area contributed by atoms with Gasteiger partial charge < -0.3 is 14.5 Å². The molecule has 0 aliphatic rings. The summed E-state index contributed by atoms with van der Waals surface area (Å²) in [4.78, 5) is 6.54. The highest BCUT2D eigenvalue weighted by atomic mass is 19.1. The smallest absolute Gasteiger partial charge is 0.137 e. The van der Waals surface area contributed by atoms with Crippen LogP contribution in [0.4, 0.5) is 10.2 Å². The van der Waals surface area contributed by atoms with E-state index in [2.05, 4.69) is 22.2 Å². The van der Waals surface area contributed by atoms with Gasteiger partial charge in [0.05, 0.1) is 18.7 Å². The number of furan rings is 1. The van der Waals surface area contributed by atoms with Crippen molar-refractivity contribution in [1.82, 2.24) is 9.88 Å². The second kappa shape index (κ2) is 9.30. The van der Waals surface area contributed by atoms with Gasteiger partial charge in [-0.25, -0.2) is 9.37 Å². The van der Waals surface area contributed by atoms with Crippen LogP contribution in [0.25, 0.3) is 11.3 Å². The topological polar surface area (TPSA) is 50.5 Å². The predicted molar refractivity (Wildman–Crippen MR) is 104 cm³/mol. The minimum Gasteiger partial charge on any atom is -0.459 e. The van der Waals surface area contributed by atoms with Crippen molar-refractivity contribution in [2.24, 2.45) is 0 Å². The molecule has 1 aromatic carbocycles. The molecule has 0 radical (unpaired) electrons. The van der Waals surface area contributed by atoms with E-state index in [9.17, 15) is 4.39 Å². The first-order chi connectivity index (χ1) is 13.2. The number of pyridine rings is 1. The van der Waals surface area contributed by atoms with Crippen molar-refractivity contribution >= 4 is 5.82 Å². The Labute approximate surface area is 158 Å². The lowest BCUT2D eigenvalue weighted by atomic mass is 10.1. The SMILES string of the molecule is COCCN(C)Cc1ccnc(NCc2ccc(-c3ccccc3F)o2)c1. The van der Waals surface area contributed by atoms with Crippen LogP contribution in [-0.4, -0.2) is 37.2 Å². The minimum atomic E-state index is -0.293. The van der Waals surface area contributed by atoms with Crippen molar-refractivity contribution in [3.63, 3.8) is 0 Å². The van der Waals surface area contributed by atoms with Gasteiger partial charge in [-0.05, 0) is 49.0 Å².